The molecule has 118 valence electrons. The van der Waals surface area contributed by atoms with Gasteiger partial charge in [-0.3, -0.25) is 4.79 Å². The molecule has 0 unspecified atom stereocenters. The Morgan fingerprint density at radius 2 is 1.86 bits per heavy atom. The van der Waals surface area contributed by atoms with E-state index in [1.54, 1.807) is 17.1 Å². The third-order valence-corrected chi connectivity index (χ3v) is 3.21. The van der Waals surface area contributed by atoms with E-state index in [4.69, 9.17) is 9.47 Å². The third-order valence-electron chi connectivity index (χ3n) is 3.21. The van der Waals surface area contributed by atoms with Crippen molar-refractivity contribution in [3.05, 3.63) is 48.1 Å². The van der Waals surface area contributed by atoms with Crippen LogP contribution < -0.4 is 4.74 Å². The average Bonchev–Trinajstić information content (AvgIpc) is 2.53. The maximum Gasteiger partial charge on any atom is 0.246 e. The largest absolute Gasteiger partial charge is 0.491 e. The van der Waals surface area contributed by atoms with Crippen LogP contribution in [0.15, 0.2) is 42.5 Å². The number of carbonyl (C=O) groups excluding carboxylic acids is 1. The van der Waals surface area contributed by atoms with Crippen LogP contribution in [-0.2, 0) is 9.53 Å². The Balaban J connectivity index is 1.83. The first-order valence-corrected chi connectivity index (χ1v) is 7.63. The lowest BCUT2D eigenvalue weighted by atomic mass is 10.2. The lowest BCUT2D eigenvalue weighted by molar-refractivity contribution is -0.129. The van der Waals surface area contributed by atoms with Gasteiger partial charge < -0.3 is 14.4 Å². The molecule has 1 aliphatic rings. The van der Waals surface area contributed by atoms with Crippen molar-refractivity contribution < 1.29 is 14.3 Å². The number of ether oxygens (including phenoxy) is 2. The monoisotopic (exact) mass is 301 g/mol. The summed E-state index contributed by atoms with van der Waals surface area (Å²) in [6.45, 7) is 6.60. The minimum Gasteiger partial charge on any atom is -0.491 e. The van der Waals surface area contributed by atoms with Gasteiger partial charge in [0.15, 0.2) is 0 Å². The van der Waals surface area contributed by atoms with Crippen LogP contribution in [0.3, 0.4) is 0 Å². The van der Waals surface area contributed by atoms with E-state index in [1.165, 1.54) is 0 Å². The number of benzene rings is 1. The van der Waals surface area contributed by atoms with Crippen molar-refractivity contribution in [2.45, 2.75) is 20.0 Å². The van der Waals surface area contributed by atoms with Gasteiger partial charge in [0.2, 0.25) is 5.91 Å². The molecule has 4 nitrogen and oxygen atoms in total. The van der Waals surface area contributed by atoms with Gasteiger partial charge in [-0.1, -0.05) is 30.4 Å². The Morgan fingerprint density at radius 3 is 2.50 bits per heavy atom. The highest BCUT2D eigenvalue weighted by atomic mass is 16.5. The molecule has 0 saturated carbocycles. The number of hydrogen-bond acceptors (Lipinski definition) is 3. The molecule has 1 aromatic rings. The lowest BCUT2D eigenvalue weighted by Crippen LogP contribution is -2.39. The van der Waals surface area contributed by atoms with E-state index in [9.17, 15) is 4.79 Å². The molecule has 0 aromatic heterocycles. The van der Waals surface area contributed by atoms with Crippen LogP contribution in [0.5, 0.6) is 5.75 Å². The summed E-state index contributed by atoms with van der Waals surface area (Å²) >= 11 is 0. The van der Waals surface area contributed by atoms with Crippen LogP contribution in [0.2, 0.25) is 0 Å². The van der Waals surface area contributed by atoms with Crippen molar-refractivity contribution in [2.75, 3.05) is 26.3 Å². The van der Waals surface area contributed by atoms with E-state index in [-0.39, 0.29) is 12.0 Å². The van der Waals surface area contributed by atoms with Crippen LogP contribution in [0.1, 0.15) is 19.4 Å². The maximum absolute atomic E-state index is 11.9. The van der Waals surface area contributed by atoms with Gasteiger partial charge in [-0.05, 0) is 31.5 Å². The van der Waals surface area contributed by atoms with Crippen LogP contribution in [0.25, 0.3) is 6.08 Å². The number of amides is 1. The summed E-state index contributed by atoms with van der Waals surface area (Å²) < 4.78 is 10.8. The zero-order chi connectivity index (χ0) is 15.8. The van der Waals surface area contributed by atoms with E-state index >= 15 is 0 Å². The number of nitrogens with zero attached hydrogens (tertiary/aromatic N) is 1. The fourth-order valence-electron chi connectivity index (χ4n) is 2.12. The molecule has 0 atom stereocenters. The number of rotatable bonds is 5. The van der Waals surface area contributed by atoms with Gasteiger partial charge in [0.1, 0.15) is 5.75 Å². The average molecular weight is 301 g/mol. The quantitative estimate of drug-likeness (QED) is 0.620. The molecule has 1 fully saturated rings. The predicted octanol–water partition coefficient (Wildman–Crippen LogP) is 2.90. The predicted molar refractivity (Wildman–Crippen MR) is 87.8 cm³/mol. The normalized spacial score (nSPS) is 15.9. The summed E-state index contributed by atoms with van der Waals surface area (Å²) in [6.07, 6.45) is 7.38. The molecule has 22 heavy (non-hydrogen) atoms. The number of allylic oxidation sites excluding steroid dienone is 2. The Labute approximate surface area is 132 Å². The standard InChI is InChI=1S/C18H23NO3/c1-15(2)22-17-9-7-16(8-10-17)5-3-4-6-18(20)19-11-13-21-14-12-19/h3-10,15H,11-14H2,1-2H3/b5-3+,6-4+. The van der Waals surface area contributed by atoms with Gasteiger partial charge in [0.25, 0.3) is 0 Å². The first kappa shape index (κ1) is 16.3. The van der Waals surface area contributed by atoms with Crippen molar-refractivity contribution in [2.24, 2.45) is 0 Å². The van der Waals surface area contributed by atoms with Gasteiger partial charge in [-0.2, -0.15) is 0 Å². The Morgan fingerprint density at radius 1 is 1.18 bits per heavy atom. The molecular weight excluding hydrogens is 278 g/mol. The van der Waals surface area contributed by atoms with Crippen LogP contribution >= 0.6 is 0 Å². The number of morpholine rings is 1. The Hall–Kier alpha value is -2.07. The van der Waals surface area contributed by atoms with E-state index in [0.29, 0.717) is 26.3 Å². The van der Waals surface area contributed by atoms with Crippen molar-refractivity contribution in [1.82, 2.24) is 4.90 Å². The van der Waals surface area contributed by atoms with Gasteiger partial charge in [-0.25, -0.2) is 0 Å². The lowest BCUT2D eigenvalue weighted by Gasteiger charge is -2.25. The molecule has 0 N–H and O–H groups in total. The summed E-state index contributed by atoms with van der Waals surface area (Å²) in [5.74, 6) is 0.902. The third kappa shape index (κ3) is 5.37. The molecule has 1 saturated heterocycles. The zero-order valence-electron chi connectivity index (χ0n) is 13.2. The highest BCUT2D eigenvalue weighted by Crippen LogP contribution is 2.14. The molecule has 2 rings (SSSR count). The highest BCUT2D eigenvalue weighted by molar-refractivity contribution is 5.88. The second-order valence-corrected chi connectivity index (χ2v) is 5.39. The second kappa shape index (κ2) is 8.39. The Bertz CT molecular complexity index is 526. The number of carbonyl (C=O) groups is 1. The van der Waals surface area contributed by atoms with E-state index in [1.807, 2.05) is 50.3 Å². The fourth-order valence-corrected chi connectivity index (χ4v) is 2.12. The second-order valence-electron chi connectivity index (χ2n) is 5.39. The zero-order valence-corrected chi connectivity index (χ0v) is 13.2. The molecular formula is C18H23NO3. The van der Waals surface area contributed by atoms with Crippen LogP contribution in [0, 0.1) is 0 Å². The maximum atomic E-state index is 11.9. The molecule has 1 amide bonds. The highest BCUT2D eigenvalue weighted by Gasteiger charge is 2.13. The van der Waals surface area contributed by atoms with E-state index < -0.39 is 0 Å². The van der Waals surface area contributed by atoms with E-state index in [0.717, 1.165) is 11.3 Å². The topological polar surface area (TPSA) is 38.8 Å². The smallest absolute Gasteiger partial charge is 0.246 e. The molecule has 0 bridgehead atoms. The summed E-state index contributed by atoms with van der Waals surface area (Å²) in [4.78, 5) is 13.7. The van der Waals surface area contributed by atoms with Crippen molar-refractivity contribution in [3.8, 4) is 5.75 Å². The van der Waals surface area contributed by atoms with Gasteiger partial charge in [-0.15, -0.1) is 0 Å². The minimum absolute atomic E-state index is 0.0358. The molecule has 0 spiro atoms. The summed E-state index contributed by atoms with van der Waals surface area (Å²) in [7, 11) is 0. The van der Waals surface area contributed by atoms with Crippen molar-refractivity contribution >= 4 is 12.0 Å². The molecule has 1 aliphatic heterocycles. The van der Waals surface area contributed by atoms with Gasteiger partial charge in [0.05, 0.1) is 19.3 Å². The summed E-state index contributed by atoms with van der Waals surface area (Å²) in [5, 5.41) is 0. The first-order chi connectivity index (χ1) is 10.6. The molecule has 0 aliphatic carbocycles. The fraction of sp³-hybridized carbons (Fsp3) is 0.389. The SMILES string of the molecule is CC(C)Oc1ccc(/C=C/C=C/C(=O)N2CCOCC2)cc1. The summed E-state index contributed by atoms with van der Waals surface area (Å²) in [6, 6.07) is 7.88. The molecule has 4 heteroatoms. The molecule has 1 heterocycles. The number of hydrogen-bond donors (Lipinski definition) is 0. The van der Waals surface area contributed by atoms with Crippen molar-refractivity contribution in [3.63, 3.8) is 0 Å². The van der Waals surface area contributed by atoms with Gasteiger partial charge in [0, 0.05) is 19.2 Å². The first-order valence-electron chi connectivity index (χ1n) is 7.63. The minimum atomic E-state index is 0.0358. The Kier molecular flexibility index (Phi) is 6.22. The van der Waals surface area contributed by atoms with E-state index in [2.05, 4.69) is 0 Å². The van der Waals surface area contributed by atoms with Gasteiger partial charge >= 0.3 is 0 Å². The van der Waals surface area contributed by atoms with Crippen molar-refractivity contribution in [1.29, 1.82) is 0 Å². The molecule has 0 radical (unpaired) electrons. The molecule has 1 aromatic carbocycles. The van der Waals surface area contributed by atoms with Crippen LogP contribution in [-0.4, -0.2) is 43.2 Å². The summed E-state index contributed by atoms with van der Waals surface area (Å²) in [5.41, 5.74) is 1.07. The van der Waals surface area contributed by atoms with Crippen LogP contribution in [0.4, 0.5) is 0 Å².